The third kappa shape index (κ3) is 6.27. The smallest absolute Gasteiger partial charge is 0.314 e. The van der Waals surface area contributed by atoms with Gasteiger partial charge in [-0.05, 0) is 46.2 Å². The molecule has 1 unspecified atom stereocenters. The van der Waals surface area contributed by atoms with Crippen molar-refractivity contribution < 1.29 is 13.2 Å². The zero-order valence-corrected chi connectivity index (χ0v) is 10.7. The van der Waals surface area contributed by atoms with E-state index < -0.39 is 12.6 Å². The summed E-state index contributed by atoms with van der Waals surface area (Å²) in [4.78, 5) is 2.39. The van der Waals surface area contributed by atoms with Crippen molar-refractivity contribution >= 4 is 0 Å². The Morgan fingerprint density at radius 3 is 2.53 bits per heavy atom. The van der Waals surface area contributed by atoms with Gasteiger partial charge in [0.05, 0.1) is 6.42 Å². The molecule has 0 spiro atoms. The minimum Gasteiger partial charge on any atom is -0.314 e. The summed E-state index contributed by atoms with van der Waals surface area (Å²) in [7, 11) is 0. The second-order valence-corrected chi connectivity index (χ2v) is 5.08. The van der Waals surface area contributed by atoms with Gasteiger partial charge in [0.15, 0.2) is 0 Å². The first-order chi connectivity index (χ1) is 7.88. The van der Waals surface area contributed by atoms with Gasteiger partial charge in [0, 0.05) is 18.6 Å². The van der Waals surface area contributed by atoms with Crippen LogP contribution in [-0.2, 0) is 0 Å². The van der Waals surface area contributed by atoms with Gasteiger partial charge in [-0.15, -0.1) is 0 Å². The third-order valence-corrected chi connectivity index (χ3v) is 3.33. The predicted molar refractivity (Wildman–Crippen MR) is 63.0 cm³/mol. The van der Waals surface area contributed by atoms with E-state index >= 15 is 0 Å². The van der Waals surface area contributed by atoms with Crippen LogP contribution in [0, 0.1) is 0 Å². The molecule has 1 aliphatic heterocycles. The summed E-state index contributed by atoms with van der Waals surface area (Å²) in [6, 6.07) is 0.782. The summed E-state index contributed by atoms with van der Waals surface area (Å²) < 4.78 is 36.0. The van der Waals surface area contributed by atoms with Gasteiger partial charge < -0.3 is 10.2 Å². The molecule has 0 aliphatic carbocycles. The average Bonchev–Trinajstić information content (AvgIpc) is 2.41. The van der Waals surface area contributed by atoms with Crippen LogP contribution < -0.4 is 5.32 Å². The first-order valence-corrected chi connectivity index (χ1v) is 6.42. The minimum absolute atomic E-state index is 0.0514. The second kappa shape index (κ2) is 6.59. The van der Waals surface area contributed by atoms with Crippen LogP contribution in [0.5, 0.6) is 0 Å². The molecule has 1 rings (SSSR count). The van der Waals surface area contributed by atoms with Gasteiger partial charge >= 0.3 is 6.18 Å². The molecule has 1 atom stereocenters. The van der Waals surface area contributed by atoms with E-state index in [1.165, 1.54) is 0 Å². The molecule has 0 aromatic heterocycles. The lowest BCUT2D eigenvalue weighted by molar-refractivity contribution is -0.133. The third-order valence-electron chi connectivity index (χ3n) is 3.33. The second-order valence-electron chi connectivity index (χ2n) is 5.08. The molecule has 1 saturated heterocycles. The van der Waals surface area contributed by atoms with Crippen LogP contribution in [0.3, 0.4) is 0 Å². The number of nitrogens with zero attached hydrogens (tertiary/aromatic N) is 1. The van der Waals surface area contributed by atoms with Gasteiger partial charge in [0.25, 0.3) is 0 Å². The fourth-order valence-corrected chi connectivity index (χ4v) is 2.26. The molecule has 1 N–H and O–H groups in total. The van der Waals surface area contributed by atoms with E-state index in [9.17, 15) is 13.2 Å². The van der Waals surface area contributed by atoms with E-state index in [4.69, 9.17) is 0 Å². The van der Waals surface area contributed by atoms with Crippen molar-refractivity contribution in [3.8, 4) is 0 Å². The maximum atomic E-state index is 12.0. The molecule has 0 radical (unpaired) electrons. The van der Waals surface area contributed by atoms with Crippen LogP contribution in [0.15, 0.2) is 0 Å². The standard InChI is InChI=1S/C12H23F3N2/c1-10(2)17-8-3-4-11(5-9-17)16-7-6-12(13,14)15/h10-11,16H,3-9H2,1-2H3. The predicted octanol–water partition coefficient (Wildman–Crippen LogP) is 2.79. The number of nitrogens with one attached hydrogen (secondary N) is 1. The molecular formula is C12H23F3N2. The lowest BCUT2D eigenvalue weighted by Gasteiger charge is -2.24. The molecule has 1 aliphatic rings. The highest BCUT2D eigenvalue weighted by Crippen LogP contribution is 2.19. The van der Waals surface area contributed by atoms with E-state index in [0.717, 1.165) is 32.4 Å². The first-order valence-electron chi connectivity index (χ1n) is 6.42. The Labute approximate surface area is 102 Å². The van der Waals surface area contributed by atoms with Crippen LogP contribution >= 0.6 is 0 Å². The number of likely N-dealkylation sites (tertiary alicyclic amines) is 1. The number of hydrogen-bond donors (Lipinski definition) is 1. The fraction of sp³-hybridized carbons (Fsp3) is 1.00. The summed E-state index contributed by atoms with van der Waals surface area (Å²) in [6.07, 6.45) is -1.75. The van der Waals surface area contributed by atoms with Crippen molar-refractivity contribution in [2.45, 2.75) is 57.8 Å². The Balaban J connectivity index is 2.23. The van der Waals surface area contributed by atoms with E-state index in [1.54, 1.807) is 0 Å². The zero-order chi connectivity index (χ0) is 12.9. The zero-order valence-electron chi connectivity index (χ0n) is 10.7. The van der Waals surface area contributed by atoms with Crippen LogP contribution in [0.4, 0.5) is 13.2 Å². The molecule has 102 valence electrons. The van der Waals surface area contributed by atoms with Crippen molar-refractivity contribution in [2.24, 2.45) is 0 Å². The highest BCUT2D eigenvalue weighted by Gasteiger charge is 2.27. The largest absolute Gasteiger partial charge is 0.390 e. The van der Waals surface area contributed by atoms with E-state index in [1.807, 2.05) is 0 Å². The van der Waals surface area contributed by atoms with Crippen LogP contribution in [-0.4, -0.2) is 42.8 Å². The maximum Gasteiger partial charge on any atom is 0.390 e. The first kappa shape index (κ1) is 14.8. The summed E-state index contributed by atoms with van der Waals surface area (Å²) in [6.45, 7) is 6.43. The summed E-state index contributed by atoms with van der Waals surface area (Å²) in [5.74, 6) is 0. The van der Waals surface area contributed by atoms with Crippen LogP contribution in [0.2, 0.25) is 0 Å². The molecule has 0 aromatic carbocycles. The number of rotatable bonds is 4. The normalized spacial score (nSPS) is 24.0. The molecular weight excluding hydrogens is 229 g/mol. The number of halogens is 3. The van der Waals surface area contributed by atoms with Crippen molar-refractivity contribution in [2.75, 3.05) is 19.6 Å². The lowest BCUT2D eigenvalue weighted by atomic mass is 10.1. The average molecular weight is 252 g/mol. The molecule has 1 heterocycles. The van der Waals surface area contributed by atoms with Crippen molar-refractivity contribution in [1.82, 2.24) is 10.2 Å². The molecule has 5 heteroatoms. The molecule has 0 amide bonds. The maximum absolute atomic E-state index is 12.0. The van der Waals surface area contributed by atoms with Crippen molar-refractivity contribution in [3.63, 3.8) is 0 Å². The van der Waals surface area contributed by atoms with E-state index in [0.29, 0.717) is 6.04 Å². The molecule has 2 nitrogen and oxygen atoms in total. The Hall–Kier alpha value is -0.290. The van der Waals surface area contributed by atoms with Crippen LogP contribution in [0.1, 0.15) is 39.5 Å². The Morgan fingerprint density at radius 2 is 1.94 bits per heavy atom. The Bertz CT molecular complexity index is 216. The molecule has 0 aromatic rings. The van der Waals surface area contributed by atoms with Gasteiger partial charge in [-0.3, -0.25) is 0 Å². The molecule has 17 heavy (non-hydrogen) atoms. The molecule has 1 fully saturated rings. The fourth-order valence-electron chi connectivity index (χ4n) is 2.26. The van der Waals surface area contributed by atoms with E-state index in [-0.39, 0.29) is 12.6 Å². The van der Waals surface area contributed by atoms with Crippen molar-refractivity contribution in [1.29, 1.82) is 0 Å². The van der Waals surface area contributed by atoms with Crippen LogP contribution in [0.25, 0.3) is 0 Å². The summed E-state index contributed by atoms with van der Waals surface area (Å²) >= 11 is 0. The van der Waals surface area contributed by atoms with Gasteiger partial charge in [-0.2, -0.15) is 13.2 Å². The topological polar surface area (TPSA) is 15.3 Å². The van der Waals surface area contributed by atoms with Gasteiger partial charge in [0.1, 0.15) is 0 Å². The minimum atomic E-state index is -4.04. The lowest BCUT2D eigenvalue weighted by Crippen LogP contribution is -2.35. The highest BCUT2D eigenvalue weighted by molar-refractivity contribution is 4.76. The molecule has 0 bridgehead atoms. The Morgan fingerprint density at radius 1 is 1.24 bits per heavy atom. The number of hydrogen-bond acceptors (Lipinski definition) is 2. The van der Waals surface area contributed by atoms with Gasteiger partial charge in [-0.25, -0.2) is 0 Å². The van der Waals surface area contributed by atoms with E-state index in [2.05, 4.69) is 24.1 Å². The quantitative estimate of drug-likeness (QED) is 0.827. The monoisotopic (exact) mass is 252 g/mol. The summed E-state index contributed by atoms with van der Waals surface area (Å²) in [5, 5.41) is 3.03. The molecule has 0 saturated carbocycles. The van der Waals surface area contributed by atoms with Crippen molar-refractivity contribution in [3.05, 3.63) is 0 Å². The van der Waals surface area contributed by atoms with Gasteiger partial charge in [-0.1, -0.05) is 0 Å². The SMILES string of the molecule is CC(C)N1CCCC(NCCC(F)(F)F)CC1. The number of alkyl halides is 3. The Kier molecular flexibility index (Phi) is 5.73. The summed E-state index contributed by atoms with van der Waals surface area (Å²) in [5.41, 5.74) is 0. The highest BCUT2D eigenvalue weighted by atomic mass is 19.4. The van der Waals surface area contributed by atoms with Gasteiger partial charge in [0.2, 0.25) is 0 Å².